The lowest BCUT2D eigenvalue weighted by Gasteiger charge is -2.09. The summed E-state index contributed by atoms with van der Waals surface area (Å²) in [6.07, 6.45) is 0. The summed E-state index contributed by atoms with van der Waals surface area (Å²) in [4.78, 5) is 24.0. The third-order valence-electron chi connectivity index (χ3n) is 3.62. The Labute approximate surface area is 144 Å². The largest absolute Gasteiger partial charge is 0.343 e. The number of benzene rings is 2. The molecule has 2 aromatic rings. The first-order valence-corrected chi connectivity index (χ1v) is 8.07. The number of anilines is 1. The Kier molecular flexibility index (Phi) is 5.55. The van der Waals surface area contributed by atoms with Gasteiger partial charge in [0.15, 0.2) is 0 Å². The van der Waals surface area contributed by atoms with Crippen molar-refractivity contribution >= 4 is 33.4 Å². The Morgan fingerprint density at radius 2 is 1.70 bits per heavy atom. The molecule has 0 bridgehead atoms. The lowest BCUT2D eigenvalue weighted by molar-refractivity contribution is -0.115. The molecule has 23 heavy (non-hydrogen) atoms. The summed E-state index contributed by atoms with van der Waals surface area (Å²) in [5.41, 5.74) is 4.47. The molecule has 0 aliphatic heterocycles. The first-order chi connectivity index (χ1) is 10.9. The summed E-state index contributed by atoms with van der Waals surface area (Å²) in [6.45, 7) is 5.82. The number of aryl methyl sites for hydroxylation is 3. The van der Waals surface area contributed by atoms with Crippen LogP contribution in [-0.4, -0.2) is 18.4 Å². The molecule has 2 aromatic carbocycles. The molecule has 0 saturated carbocycles. The molecule has 0 aliphatic carbocycles. The maximum absolute atomic E-state index is 12.1. The van der Waals surface area contributed by atoms with Gasteiger partial charge in [-0.2, -0.15) is 0 Å². The van der Waals surface area contributed by atoms with Crippen LogP contribution < -0.4 is 10.6 Å². The Morgan fingerprint density at radius 3 is 2.35 bits per heavy atom. The number of carbonyl (C=O) groups is 2. The summed E-state index contributed by atoms with van der Waals surface area (Å²) >= 11 is 3.41. The number of amides is 2. The standard InChI is InChI=1S/C18H19BrN2O2/c1-11-4-5-14(8-12(11)2)18(23)20-10-17(22)21-15-6-7-16(19)13(3)9-15/h4-9H,10H2,1-3H3,(H,20,23)(H,21,22). The number of hydrogen-bond acceptors (Lipinski definition) is 2. The second-order valence-corrected chi connectivity index (χ2v) is 6.35. The molecule has 0 saturated heterocycles. The van der Waals surface area contributed by atoms with Crippen molar-refractivity contribution in [3.05, 3.63) is 63.1 Å². The van der Waals surface area contributed by atoms with Crippen molar-refractivity contribution in [3.63, 3.8) is 0 Å². The van der Waals surface area contributed by atoms with Crippen molar-refractivity contribution in [3.8, 4) is 0 Å². The van der Waals surface area contributed by atoms with E-state index in [-0.39, 0.29) is 18.4 Å². The Bertz CT molecular complexity index is 757. The Hall–Kier alpha value is -2.14. The highest BCUT2D eigenvalue weighted by molar-refractivity contribution is 9.10. The zero-order chi connectivity index (χ0) is 17.0. The van der Waals surface area contributed by atoms with E-state index < -0.39 is 0 Å². The fraction of sp³-hybridized carbons (Fsp3) is 0.222. The van der Waals surface area contributed by atoms with Crippen LogP contribution in [0.2, 0.25) is 0 Å². The molecule has 2 amide bonds. The van der Waals surface area contributed by atoms with E-state index in [1.807, 2.05) is 45.0 Å². The van der Waals surface area contributed by atoms with Gasteiger partial charge in [-0.1, -0.05) is 22.0 Å². The van der Waals surface area contributed by atoms with Crippen molar-refractivity contribution in [2.24, 2.45) is 0 Å². The summed E-state index contributed by atoms with van der Waals surface area (Å²) < 4.78 is 0.985. The minimum atomic E-state index is -0.260. The molecular formula is C18H19BrN2O2. The van der Waals surface area contributed by atoms with Crippen LogP contribution in [0, 0.1) is 20.8 Å². The van der Waals surface area contributed by atoms with Crippen molar-refractivity contribution in [1.29, 1.82) is 0 Å². The van der Waals surface area contributed by atoms with Crippen molar-refractivity contribution in [2.45, 2.75) is 20.8 Å². The quantitative estimate of drug-likeness (QED) is 0.855. The van der Waals surface area contributed by atoms with Crippen LogP contribution in [0.4, 0.5) is 5.69 Å². The smallest absolute Gasteiger partial charge is 0.251 e. The van der Waals surface area contributed by atoms with Gasteiger partial charge in [-0.3, -0.25) is 9.59 Å². The van der Waals surface area contributed by atoms with Crippen LogP contribution >= 0.6 is 15.9 Å². The topological polar surface area (TPSA) is 58.2 Å². The summed E-state index contributed by atoms with van der Waals surface area (Å²) in [5.74, 6) is -0.515. The van der Waals surface area contributed by atoms with E-state index >= 15 is 0 Å². The van der Waals surface area contributed by atoms with Crippen LogP contribution in [0.3, 0.4) is 0 Å². The fourth-order valence-corrected chi connectivity index (χ4v) is 2.32. The number of halogens is 1. The third-order valence-corrected chi connectivity index (χ3v) is 4.51. The minimum absolute atomic E-state index is 0.0686. The molecule has 5 heteroatoms. The van der Waals surface area contributed by atoms with Gasteiger partial charge in [0.05, 0.1) is 6.54 Å². The van der Waals surface area contributed by atoms with Crippen molar-refractivity contribution in [1.82, 2.24) is 5.32 Å². The molecule has 0 spiro atoms. The molecule has 4 nitrogen and oxygen atoms in total. The molecule has 120 valence electrons. The first kappa shape index (κ1) is 17.2. The van der Waals surface area contributed by atoms with E-state index in [2.05, 4.69) is 26.6 Å². The summed E-state index contributed by atoms with van der Waals surface area (Å²) in [5, 5.41) is 5.39. The van der Waals surface area contributed by atoms with Crippen LogP contribution in [0.5, 0.6) is 0 Å². The van der Waals surface area contributed by atoms with Gasteiger partial charge in [-0.15, -0.1) is 0 Å². The van der Waals surface area contributed by atoms with E-state index in [0.29, 0.717) is 11.3 Å². The van der Waals surface area contributed by atoms with E-state index in [0.717, 1.165) is 21.2 Å². The van der Waals surface area contributed by atoms with Gasteiger partial charge < -0.3 is 10.6 Å². The number of carbonyl (C=O) groups excluding carboxylic acids is 2. The normalized spacial score (nSPS) is 10.3. The maximum Gasteiger partial charge on any atom is 0.251 e. The van der Waals surface area contributed by atoms with Crippen LogP contribution in [0.1, 0.15) is 27.0 Å². The van der Waals surface area contributed by atoms with E-state index in [9.17, 15) is 9.59 Å². The SMILES string of the molecule is Cc1ccc(C(=O)NCC(=O)Nc2ccc(Br)c(C)c2)cc1C. The lowest BCUT2D eigenvalue weighted by Crippen LogP contribution is -2.32. The molecule has 2 rings (SSSR count). The Balaban J connectivity index is 1.91. The zero-order valence-electron chi connectivity index (χ0n) is 13.4. The Morgan fingerprint density at radius 1 is 0.957 bits per heavy atom. The molecule has 2 N–H and O–H groups in total. The molecule has 0 aliphatic rings. The monoisotopic (exact) mass is 374 g/mol. The van der Waals surface area contributed by atoms with E-state index in [4.69, 9.17) is 0 Å². The highest BCUT2D eigenvalue weighted by Gasteiger charge is 2.09. The molecule has 0 atom stereocenters. The highest BCUT2D eigenvalue weighted by Crippen LogP contribution is 2.19. The summed E-state index contributed by atoms with van der Waals surface area (Å²) in [6, 6.07) is 11.0. The average Bonchev–Trinajstić information content (AvgIpc) is 2.51. The number of hydrogen-bond donors (Lipinski definition) is 2. The molecule has 0 aromatic heterocycles. The molecular weight excluding hydrogens is 356 g/mol. The van der Waals surface area contributed by atoms with Crippen molar-refractivity contribution < 1.29 is 9.59 Å². The second-order valence-electron chi connectivity index (χ2n) is 5.49. The zero-order valence-corrected chi connectivity index (χ0v) is 15.0. The van der Waals surface area contributed by atoms with Crippen LogP contribution in [-0.2, 0) is 4.79 Å². The van der Waals surface area contributed by atoms with Gasteiger partial charge in [0.1, 0.15) is 0 Å². The van der Waals surface area contributed by atoms with Crippen LogP contribution in [0.15, 0.2) is 40.9 Å². The first-order valence-electron chi connectivity index (χ1n) is 7.28. The van der Waals surface area contributed by atoms with Crippen LogP contribution in [0.25, 0.3) is 0 Å². The van der Waals surface area contributed by atoms with E-state index in [1.54, 1.807) is 12.1 Å². The van der Waals surface area contributed by atoms with Gasteiger partial charge in [0.25, 0.3) is 5.91 Å². The predicted molar refractivity (Wildman–Crippen MR) is 95.8 cm³/mol. The molecule has 0 heterocycles. The van der Waals surface area contributed by atoms with E-state index in [1.165, 1.54) is 0 Å². The second kappa shape index (κ2) is 7.42. The molecule has 0 radical (unpaired) electrons. The lowest BCUT2D eigenvalue weighted by atomic mass is 10.1. The van der Waals surface area contributed by atoms with Gasteiger partial charge in [0.2, 0.25) is 5.91 Å². The van der Waals surface area contributed by atoms with Gasteiger partial charge in [-0.25, -0.2) is 0 Å². The third kappa shape index (κ3) is 4.66. The van der Waals surface area contributed by atoms with Gasteiger partial charge in [-0.05, 0) is 67.8 Å². The fourth-order valence-electron chi connectivity index (χ4n) is 2.07. The maximum atomic E-state index is 12.1. The highest BCUT2D eigenvalue weighted by atomic mass is 79.9. The summed E-state index contributed by atoms with van der Waals surface area (Å²) in [7, 11) is 0. The number of nitrogens with one attached hydrogen (secondary N) is 2. The molecule has 0 fully saturated rings. The number of rotatable bonds is 4. The molecule has 0 unspecified atom stereocenters. The average molecular weight is 375 g/mol. The predicted octanol–water partition coefficient (Wildman–Crippen LogP) is 3.74. The minimum Gasteiger partial charge on any atom is -0.343 e. The van der Waals surface area contributed by atoms with Gasteiger partial charge >= 0.3 is 0 Å². The van der Waals surface area contributed by atoms with Gasteiger partial charge in [0, 0.05) is 15.7 Å². The van der Waals surface area contributed by atoms with Crippen molar-refractivity contribution in [2.75, 3.05) is 11.9 Å².